The number of ether oxygens (including phenoxy) is 2. The number of carbonyl (C=O) groups is 1. The predicted octanol–water partition coefficient (Wildman–Crippen LogP) is 4.12. The van der Waals surface area contributed by atoms with Gasteiger partial charge in [-0.25, -0.2) is 4.98 Å². The van der Waals surface area contributed by atoms with Gasteiger partial charge in [0.05, 0.1) is 11.4 Å². The van der Waals surface area contributed by atoms with Gasteiger partial charge < -0.3 is 19.4 Å². The molecular weight excluding hydrogens is 362 g/mol. The molecule has 2 aliphatic rings. The van der Waals surface area contributed by atoms with Crippen LogP contribution < -0.4 is 14.8 Å². The van der Waals surface area contributed by atoms with Crippen molar-refractivity contribution in [1.82, 2.24) is 9.55 Å². The number of amides is 1. The Labute approximate surface area is 163 Å². The smallest absolute Gasteiger partial charge is 0.234 e. The lowest BCUT2D eigenvalue weighted by Crippen LogP contribution is -2.17. The van der Waals surface area contributed by atoms with E-state index in [2.05, 4.69) is 16.8 Å². The average Bonchev–Trinajstić information content (AvgIpc) is 3.28. The summed E-state index contributed by atoms with van der Waals surface area (Å²) in [5.74, 6) is 1.68. The fourth-order valence-corrected chi connectivity index (χ4v) is 4.70. The second-order valence-corrected chi connectivity index (χ2v) is 8.01. The minimum Gasteiger partial charge on any atom is -0.486 e. The number of thioether (sulfide) groups is 1. The van der Waals surface area contributed by atoms with Gasteiger partial charge in [0.25, 0.3) is 0 Å². The summed E-state index contributed by atoms with van der Waals surface area (Å²) in [4.78, 5) is 17.1. The number of benzene rings is 1. The zero-order valence-corrected chi connectivity index (χ0v) is 16.6. The average molecular weight is 388 g/mol. The Morgan fingerprint density at radius 3 is 2.74 bits per heavy atom. The van der Waals surface area contributed by atoms with Crippen molar-refractivity contribution in [1.29, 1.82) is 0 Å². The van der Waals surface area contributed by atoms with Crippen LogP contribution in [-0.2, 0) is 4.79 Å². The number of hydrogen-bond acceptors (Lipinski definition) is 5. The highest BCUT2D eigenvalue weighted by molar-refractivity contribution is 7.99. The van der Waals surface area contributed by atoms with E-state index in [1.54, 1.807) is 0 Å². The lowest BCUT2D eigenvalue weighted by atomic mass is 10.2. The number of carbonyl (C=O) groups excluding carboxylic acids is 1. The molecule has 0 radical (unpaired) electrons. The normalized spacial score (nSPS) is 16.5. The van der Waals surface area contributed by atoms with Crippen LogP contribution in [0.2, 0.25) is 0 Å². The number of nitrogens with zero attached hydrogens (tertiary/aromatic N) is 2. The van der Waals surface area contributed by atoms with Gasteiger partial charge in [0.1, 0.15) is 13.2 Å². The van der Waals surface area contributed by atoms with Crippen LogP contribution in [0.15, 0.2) is 23.4 Å². The maximum absolute atomic E-state index is 12.4. The summed E-state index contributed by atoms with van der Waals surface area (Å²) < 4.78 is 13.4. The number of anilines is 1. The third-order valence-corrected chi connectivity index (χ3v) is 6.16. The molecule has 0 saturated heterocycles. The monoisotopic (exact) mass is 387 g/mol. The first-order chi connectivity index (χ1) is 13.1. The lowest BCUT2D eigenvalue weighted by Gasteiger charge is -2.19. The van der Waals surface area contributed by atoms with E-state index >= 15 is 0 Å². The minimum atomic E-state index is -0.0482. The molecule has 2 aromatic rings. The third kappa shape index (κ3) is 3.93. The van der Waals surface area contributed by atoms with Crippen molar-refractivity contribution in [3.63, 3.8) is 0 Å². The topological polar surface area (TPSA) is 65.4 Å². The van der Waals surface area contributed by atoms with E-state index in [-0.39, 0.29) is 5.91 Å². The predicted molar refractivity (Wildman–Crippen MR) is 106 cm³/mol. The fourth-order valence-electron chi connectivity index (χ4n) is 3.74. The number of aryl methyl sites for hydroxylation is 1. The van der Waals surface area contributed by atoms with Crippen LogP contribution in [-0.4, -0.2) is 34.4 Å². The fraction of sp³-hybridized carbons (Fsp3) is 0.500. The molecule has 2 heterocycles. The van der Waals surface area contributed by atoms with E-state index in [0.29, 0.717) is 30.8 Å². The number of fused-ring (bicyclic) bond motifs is 1. The largest absolute Gasteiger partial charge is 0.486 e. The molecule has 4 rings (SSSR count). The SMILES string of the molecule is Cc1nc(SCC(=O)Nc2ccc3c(c2)OCCO3)n(C2CCCC2)c1C. The minimum absolute atomic E-state index is 0.0482. The van der Waals surface area contributed by atoms with Crippen molar-refractivity contribution >= 4 is 23.4 Å². The van der Waals surface area contributed by atoms with Gasteiger partial charge in [-0.3, -0.25) is 4.79 Å². The molecule has 144 valence electrons. The molecular formula is C20H25N3O3S. The highest BCUT2D eigenvalue weighted by atomic mass is 32.2. The van der Waals surface area contributed by atoms with Crippen molar-refractivity contribution in [3.8, 4) is 11.5 Å². The molecule has 7 heteroatoms. The van der Waals surface area contributed by atoms with Crippen molar-refractivity contribution in [2.45, 2.75) is 50.7 Å². The highest BCUT2D eigenvalue weighted by Crippen LogP contribution is 2.36. The van der Waals surface area contributed by atoms with Crippen LogP contribution >= 0.6 is 11.8 Å². The number of rotatable bonds is 5. The Kier molecular flexibility index (Phi) is 5.29. The van der Waals surface area contributed by atoms with Gasteiger partial charge in [-0.1, -0.05) is 24.6 Å². The van der Waals surface area contributed by atoms with Gasteiger partial charge in [0.2, 0.25) is 5.91 Å². The van der Waals surface area contributed by atoms with Crippen molar-refractivity contribution in [2.75, 3.05) is 24.3 Å². The quantitative estimate of drug-likeness (QED) is 0.782. The molecule has 0 spiro atoms. The Bertz CT molecular complexity index is 843. The van der Waals surface area contributed by atoms with E-state index in [0.717, 1.165) is 22.3 Å². The summed E-state index contributed by atoms with van der Waals surface area (Å²) >= 11 is 1.51. The van der Waals surface area contributed by atoms with E-state index in [9.17, 15) is 4.79 Å². The zero-order valence-electron chi connectivity index (χ0n) is 15.8. The number of imidazole rings is 1. The molecule has 1 saturated carbocycles. The first-order valence-corrected chi connectivity index (χ1v) is 10.5. The summed E-state index contributed by atoms with van der Waals surface area (Å²) in [5.41, 5.74) is 2.99. The number of nitrogens with one attached hydrogen (secondary N) is 1. The first kappa shape index (κ1) is 18.2. The van der Waals surface area contributed by atoms with E-state index in [4.69, 9.17) is 14.5 Å². The van der Waals surface area contributed by atoms with Gasteiger partial charge >= 0.3 is 0 Å². The van der Waals surface area contributed by atoms with Gasteiger partial charge in [0.15, 0.2) is 16.7 Å². The van der Waals surface area contributed by atoms with Crippen molar-refractivity contribution in [3.05, 3.63) is 29.6 Å². The molecule has 6 nitrogen and oxygen atoms in total. The summed E-state index contributed by atoms with van der Waals surface area (Å²) in [7, 11) is 0. The molecule has 1 aliphatic carbocycles. The van der Waals surface area contributed by atoms with Crippen molar-refractivity contribution < 1.29 is 14.3 Å². The van der Waals surface area contributed by atoms with Crippen LogP contribution in [0, 0.1) is 13.8 Å². The lowest BCUT2D eigenvalue weighted by molar-refractivity contribution is -0.113. The molecule has 0 atom stereocenters. The maximum atomic E-state index is 12.4. The van der Waals surface area contributed by atoms with E-state index in [1.807, 2.05) is 25.1 Å². The first-order valence-electron chi connectivity index (χ1n) is 9.49. The Morgan fingerprint density at radius 1 is 1.22 bits per heavy atom. The summed E-state index contributed by atoms with van der Waals surface area (Å²) in [6, 6.07) is 6.00. The molecule has 1 aliphatic heterocycles. The van der Waals surface area contributed by atoms with Crippen LogP contribution in [0.5, 0.6) is 11.5 Å². The summed E-state index contributed by atoms with van der Waals surface area (Å²) in [5, 5.41) is 3.89. The van der Waals surface area contributed by atoms with Gasteiger partial charge in [-0.15, -0.1) is 0 Å². The van der Waals surface area contributed by atoms with Crippen LogP contribution in [0.1, 0.15) is 43.1 Å². The van der Waals surface area contributed by atoms with Crippen LogP contribution in [0.3, 0.4) is 0 Å². The second-order valence-electron chi connectivity index (χ2n) is 7.07. The van der Waals surface area contributed by atoms with Crippen molar-refractivity contribution in [2.24, 2.45) is 0 Å². The molecule has 1 N–H and O–H groups in total. The molecule has 1 aromatic heterocycles. The van der Waals surface area contributed by atoms with Crippen LogP contribution in [0.4, 0.5) is 5.69 Å². The standard InChI is InChI=1S/C20H25N3O3S/c1-13-14(2)23(16-5-3-4-6-16)20(21-13)27-12-19(24)22-15-7-8-17-18(11-15)26-10-9-25-17/h7-8,11,16H,3-6,9-10,12H2,1-2H3,(H,22,24). The Hall–Kier alpha value is -2.15. The van der Waals surface area contributed by atoms with Gasteiger partial charge in [0, 0.05) is 23.5 Å². The van der Waals surface area contributed by atoms with E-state index < -0.39 is 0 Å². The summed E-state index contributed by atoms with van der Waals surface area (Å²) in [6.45, 7) is 5.25. The molecule has 1 amide bonds. The molecule has 0 unspecified atom stereocenters. The van der Waals surface area contributed by atoms with E-state index in [1.165, 1.54) is 43.1 Å². The molecule has 27 heavy (non-hydrogen) atoms. The zero-order chi connectivity index (χ0) is 18.8. The third-order valence-electron chi connectivity index (χ3n) is 5.20. The summed E-state index contributed by atoms with van der Waals surface area (Å²) in [6.07, 6.45) is 4.95. The number of hydrogen-bond donors (Lipinski definition) is 1. The van der Waals surface area contributed by atoms with Crippen LogP contribution in [0.25, 0.3) is 0 Å². The highest BCUT2D eigenvalue weighted by Gasteiger charge is 2.23. The van der Waals surface area contributed by atoms with Gasteiger partial charge in [-0.05, 0) is 38.8 Å². The van der Waals surface area contributed by atoms with Gasteiger partial charge in [-0.2, -0.15) is 0 Å². The Balaban J connectivity index is 1.40. The Morgan fingerprint density at radius 2 is 1.96 bits per heavy atom. The molecule has 0 bridgehead atoms. The molecule has 1 aromatic carbocycles. The molecule has 1 fully saturated rings. The maximum Gasteiger partial charge on any atom is 0.234 e. The number of aromatic nitrogens is 2. The second kappa shape index (κ2) is 7.84.